The van der Waals surface area contributed by atoms with Gasteiger partial charge in [0, 0.05) is 22.7 Å². The Hall–Kier alpha value is -2.91. The third-order valence-corrected chi connectivity index (χ3v) is 7.37. The van der Waals surface area contributed by atoms with E-state index in [1.54, 1.807) is 6.08 Å². The highest BCUT2D eigenvalue weighted by atomic mass is 32.2. The summed E-state index contributed by atoms with van der Waals surface area (Å²) in [5.41, 5.74) is 7.41. The topological polar surface area (TPSA) is 30.0 Å². The standard InChI is InChI=1S/C32H37NOS/c1-23(11-9-12-25(3)22-31(34)35-27-14-10-13-24(2)21-27)16-17-29-26(4)28(18-19-32(29,5)6)30-15-7-8-20-33-30/h7-17,20-22,28H,18-19H2,1-6H3/b12-9+,17-16+,23-11+,25-22-. The van der Waals surface area contributed by atoms with Crippen LogP contribution >= 0.6 is 11.8 Å². The Kier molecular flexibility index (Phi) is 9.28. The van der Waals surface area contributed by atoms with Gasteiger partial charge in [0.05, 0.1) is 0 Å². The van der Waals surface area contributed by atoms with E-state index >= 15 is 0 Å². The van der Waals surface area contributed by atoms with Crippen LogP contribution in [0.3, 0.4) is 0 Å². The molecule has 1 atom stereocenters. The predicted molar refractivity (Wildman–Crippen MR) is 151 cm³/mol. The summed E-state index contributed by atoms with van der Waals surface area (Å²) >= 11 is 1.26. The van der Waals surface area contributed by atoms with Crippen molar-refractivity contribution in [1.29, 1.82) is 0 Å². The number of carbonyl (C=O) groups is 1. The van der Waals surface area contributed by atoms with Crippen LogP contribution in [0.4, 0.5) is 0 Å². The number of pyridine rings is 1. The van der Waals surface area contributed by atoms with Crippen molar-refractivity contribution in [2.45, 2.75) is 65.2 Å². The molecule has 0 amide bonds. The van der Waals surface area contributed by atoms with Gasteiger partial charge < -0.3 is 0 Å². The van der Waals surface area contributed by atoms with Crippen LogP contribution in [0.2, 0.25) is 0 Å². The predicted octanol–water partition coefficient (Wildman–Crippen LogP) is 8.93. The molecule has 2 nitrogen and oxygen atoms in total. The minimum atomic E-state index is 0.0442. The van der Waals surface area contributed by atoms with Gasteiger partial charge in [0.25, 0.3) is 0 Å². The number of hydrogen-bond donors (Lipinski definition) is 0. The summed E-state index contributed by atoms with van der Waals surface area (Å²) in [5.74, 6) is 0.385. The van der Waals surface area contributed by atoms with E-state index in [1.807, 2.05) is 62.5 Å². The summed E-state index contributed by atoms with van der Waals surface area (Å²) < 4.78 is 0. The third kappa shape index (κ3) is 7.80. The quantitative estimate of drug-likeness (QED) is 0.224. The van der Waals surface area contributed by atoms with E-state index in [0.29, 0.717) is 5.92 Å². The summed E-state index contributed by atoms with van der Waals surface area (Å²) in [6.07, 6.45) is 16.4. The van der Waals surface area contributed by atoms with Crippen molar-refractivity contribution in [3.63, 3.8) is 0 Å². The van der Waals surface area contributed by atoms with Crippen LogP contribution in [-0.2, 0) is 4.79 Å². The van der Waals surface area contributed by atoms with Crippen LogP contribution in [0.1, 0.15) is 64.6 Å². The Morgan fingerprint density at radius 2 is 1.86 bits per heavy atom. The maximum atomic E-state index is 12.3. The lowest BCUT2D eigenvalue weighted by molar-refractivity contribution is -0.107. The molecule has 1 aliphatic carbocycles. The van der Waals surface area contributed by atoms with Crippen LogP contribution in [0.25, 0.3) is 0 Å². The molecule has 3 rings (SSSR count). The Balaban J connectivity index is 1.67. The Bertz CT molecular complexity index is 1200. The minimum Gasteiger partial charge on any atom is -0.282 e. The molecule has 3 heteroatoms. The number of thioether (sulfide) groups is 1. The van der Waals surface area contributed by atoms with E-state index in [0.717, 1.165) is 28.9 Å². The molecule has 0 saturated carbocycles. The maximum Gasteiger partial charge on any atom is 0.217 e. The van der Waals surface area contributed by atoms with Crippen molar-refractivity contribution in [1.82, 2.24) is 4.98 Å². The second-order valence-corrected chi connectivity index (χ2v) is 11.1. The molecule has 0 fully saturated rings. The summed E-state index contributed by atoms with van der Waals surface area (Å²) in [6.45, 7) is 13.0. The van der Waals surface area contributed by atoms with Crippen LogP contribution in [0.5, 0.6) is 0 Å². The molecule has 0 spiro atoms. The van der Waals surface area contributed by atoms with Gasteiger partial charge >= 0.3 is 0 Å². The Morgan fingerprint density at radius 1 is 1.06 bits per heavy atom. The number of carbonyl (C=O) groups excluding carboxylic acids is 1. The lowest BCUT2D eigenvalue weighted by Gasteiger charge is -2.37. The first-order valence-electron chi connectivity index (χ1n) is 12.3. The van der Waals surface area contributed by atoms with E-state index in [9.17, 15) is 4.79 Å². The molecular formula is C32H37NOS. The summed E-state index contributed by atoms with van der Waals surface area (Å²) in [6, 6.07) is 14.2. The second kappa shape index (κ2) is 12.2. The molecule has 0 saturated heterocycles. The molecule has 1 aliphatic rings. The number of aromatic nitrogens is 1. The zero-order valence-corrected chi connectivity index (χ0v) is 22.7. The highest BCUT2D eigenvalue weighted by Crippen LogP contribution is 2.46. The monoisotopic (exact) mass is 483 g/mol. The zero-order valence-electron chi connectivity index (χ0n) is 21.8. The number of hydrogen-bond acceptors (Lipinski definition) is 3. The lowest BCUT2D eigenvalue weighted by Crippen LogP contribution is -2.24. The third-order valence-electron chi connectivity index (χ3n) is 6.56. The fourth-order valence-electron chi connectivity index (χ4n) is 4.57. The summed E-state index contributed by atoms with van der Waals surface area (Å²) in [4.78, 5) is 17.9. The van der Waals surface area contributed by atoms with Gasteiger partial charge in [-0.25, -0.2) is 0 Å². The van der Waals surface area contributed by atoms with Crippen LogP contribution in [0.15, 0.2) is 112 Å². The average molecular weight is 484 g/mol. The van der Waals surface area contributed by atoms with Crippen molar-refractivity contribution in [3.8, 4) is 0 Å². The van der Waals surface area contributed by atoms with Gasteiger partial charge in [-0.1, -0.05) is 79.1 Å². The van der Waals surface area contributed by atoms with E-state index < -0.39 is 0 Å². The molecule has 0 bridgehead atoms. The molecule has 182 valence electrons. The number of rotatable bonds is 7. The van der Waals surface area contributed by atoms with Crippen LogP contribution in [0, 0.1) is 12.3 Å². The Morgan fingerprint density at radius 3 is 2.57 bits per heavy atom. The van der Waals surface area contributed by atoms with Gasteiger partial charge in [0.1, 0.15) is 0 Å². The largest absolute Gasteiger partial charge is 0.282 e. The van der Waals surface area contributed by atoms with Gasteiger partial charge in [-0.3, -0.25) is 9.78 Å². The smallest absolute Gasteiger partial charge is 0.217 e. The second-order valence-electron chi connectivity index (χ2n) is 10.1. The molecule has 2 aromatic rings. The summed E-state index contributed by atoms with van der Waals surface area (Å²) in [5, 5.41) is 0.0442. The van der Waals surface area contributed by atoms with E-state index in [1.165, 1.54) is 34.2 Å². The first-order valence-corrected chi connectivity index (χ1v) is 13.1. The molecule has 0 aliphatic heterocycles. The van der Waals surface area contributed by atoms with Gasteiger partial charge in [-0.15, -0.1) is 0 Å². The Labute approximate surface area is 215 Å². The van der Waals surface area contributed by atoms with Gasteiger partial charge in [-0.2, -0.15) is 0 Å². The van der Waals surface area contributed by atoms with Gasteiger partial charge in [-0.05, 0) is 99.2 Å². The number of nitrogens with zero attached hydrogens (tertiary/aromatic N) is 1. The van der Waals surface area contributed by atoms with Crippen molar-refractivity contribution < 1.29 is 4.79 Å². The van der Waals surface area contributed by atoms with Crippen molar-refractivity contribution in [2.75, 3.05) is 0 Å². The molecule has 1 heterocycles. The van der Waals surface area contributed by atoms with Crippen molar-refractivity contribution in [3.05, 3.63) is 119 Å². The zero-order chi connectivity index (χ0) is 25.4. The van der Waals surface area contributed by atoms with E-state index in [4.69, 9.17) is 0 Å². The van der Waals surface area contributed by atoms with Crippen molar-refractivity contribution >= 4 is 16.9 Å². The highest BCUT2D eigenvalue weighted by Gasteiger charge is 2.32. The first kappa shape index (κ1) is 26.7. The highest BCUT2D eigenvalue weighted by molar-refractivity contribution is 8.14. The number of allylic oxidation sites excluding steroid dienone is 9. The fraction of sp³-hybridized carbons (Fsp3) is 0.312. The molecule has 0 radical (unpaired) electrons. The molecule has 0 N–H and O–H groups in total. The molecule has 1 aromatic carbocycles. The molecule has 1 aromatic heterocycles. The fourth-order valence-corrected chi connectivity index (χ4v) is 5.44. The maximum absolute atomic E-state index is 12.3. The molecule has 35 heavy (non-hydrogen) atoms. The van der Waals surface area contributed by atoms with E-state index in [2.05, 4.69) is 63.0 Å². The van der Waals surface area contributed by atoms with Crippen LogP contribution < -0.4 is 0 Å². The van der Waals surface area contributed by atoms with Crippen LogP contribution in [-0.4, -0.2) is 10.1 Å². The van der Waals surface area contributed by atoms with Gasteiger partial charge in [0.15, 0.2) is 0 Å². The number of benzene rings is 1. The molecule has 1 unspecified atom stereocenters. The lowest BCUT2D eigenvalue weighted by atomic mass is 9.68. The average Bonchev–Trinajstić information content (AvgIpc) is 2.79. The SMILES string of the molecule is CC1=C(/C=C/C(C)=C/C=C/C(C)=C\C(=O)Sc2cccc(C)c2)C(C)(C)CCC1c1ccccn1. The minimum absolute atomic E-state index is 0.0442. The molecular weight excluding hydrogens is 446 g/mol. The van der Waals surface area contributed by atoms with Crippen molar-refractivity contribution in [2.24, 2.45) is 5.41 Å². The van der Waals surface area contributed by atoms with E-state index in [-0.39, 0.29) is 10.5 Å². The first-order chi connectivity index (χ1) is 16.7. The normalized spacial score (nSPS) is 19.1. The number of aryl methyl sites for hydroxylation is 1. The van der Waals surface area contributed by atoms with Gasteiger partial charge in [0.2, 0.25) is 5.12 Å². The summed E-state index contributed by atoms with van der Waals surface area (Å²) in [7, 11) is 0.